The first-order valence-corrected chi connectivity index (χ1v) is 13.2. The highest BCUT2D eigenvalue weighted by Crippen LogP contribution is 2.56. The van der Waals surface area contributed by atoms with Crippen molar-refractivity contribution in [1.82, 2.24) is 0 Å². The van der Waals surface area contributed by atoms with E-state index in [1.165, 1.54) is 26.6 Å². The maximum Gasteiger partial charge on any atom is 0.392 e. The van der Waals surface area contributed by atoms with Gasteiger partial charge in [-0.2, -0.15) is 39.5 Å². The predicted molar refractivity (Wildman–Crippen MR) is 82.0 cm³/mol. The Morgan fingerprint density at radius 2 is 1.25 bits per heavy atom. The molecule has 0 rings (SSSR count). The number of halogens is 12. The number of alkyl halides is 12. The summed E-state index contributed by atoms with van der Waals surface area (Å²) in [4.78, 5) is 0. The molecule has 0 aliphatic heterocycles. The lowest BCUT2D eigenvalue weighted by Gasteiger charge is -2.41. The van der Waals surface area contributed by atoms with Crippen molar-refractivity contribution in [2.24, 2.45) is 0 Å². The van der Waals surface area contributed by atoms with Gasteiger partial charge in [0.25, 0.3) is 9.04 Å². The van der Waals surface area contributed by atoms with E-state index in [1.54, 1.807) is 0 Å². The van der Waals surface area contributed by atoms with Crippen molar-refractivity contribution in [2.75, 3.05) is 0 Å². The summed E-state index contributed by atoms with van der Waals surface area (Å²) in [6.45, 7) is 5.04. The Balaban J connectivity index is 6.12. The summed E-state index contributed by atoms with van der Waals surface area (Å²) < 4.78 is 165. The molecule has 0 aromatic carbocycles. The molecule has 0 aliphatic carbocycles. The molecule has 0 radical (unpaired) electrons. The molecule has 0 fully saturated rings. The van der Waals surface area contributed by atoms with Crippen molar-refractivity contribution in [1.29, 1.82) is 0 Å². The highest BCUT2D eigenvalue weighted by atomic mass is 28.4. The van der Waals surface area contributed by atoms with Crippen LogP contribution in [-0.4, -0.2) is 53.0 Å². The molecule has 1 nitrogen and oxygen atoms in total. The molecule has 0 heterocycles. The van der Waals surface area contributed by atoms with Crippen LogP contribution in [0.2, 0.25) is 25.7 Å². The van der Waals surface area contributed by atoms with Crippen molar-refractivity contribution < 1.29 is 56.8 Å². The first-order chi connectivity index (χ1) is 12.0. The Bertz CT molecular complexity index is 515. The number of hydrogen-bond donors (Lipinski definition) is 0. The standard InChI is InChI=1S/C13H20F12OSi2/c1-5-6-27(26-28(2,3)4)13(24,25)12(22,23)11(20,21)10(18,19)8(14)7-9(15,16)17/h8,27H,5-7H2,1-4H3. The molecule has 0 spiro atoms. The summed E-state index contributed by atoms with van der Waals surface area (Å²) >= 11 is 0. The van der Waals surface area contributed by atoms with Crippen LogP contribution in [0.25, 0.3) is 0 Å². The summed E-state index contributed by atoms with van der Waals surface area (Å²) in [6, 6.07) is -0.796. The van der Waals surface area contributed by atoms with Gasteiger partial charge in [-0.25, -0.2) is 13.2 Å². The summed E-state index contributed by atoms with van der Waals surface area (Å²) in [7, 11) is -7.63. The topological polar surface area (TPSA) is 9.23 Å². The molecule has 170 valence electrons. The Kier molecular flexibility index (Phi) is 8.22. The van der Waals surface area contributed by atoms with Crippen LogP contribution in [0.4, 0.5) is 52.7 Å². The molecule has 0 amide bonds. The average molecular weight is 476 g/mol. The van der Waals surface area contributed by atoms with Crippen LogP contribution in [0, 0.1) is 0 Å². The molecular weight excluding hydrogens is 456 g/mol. The third-order valence-electron chi connectivity index (χ3n) is 3.49. The number of rotatable bonds is 10. The van der Waals surface area contributed by atoms with Gasteiger partial charge in [0.05, 0.1) is 6.42 Å². The maximum atomic E-state index is 14.3. The molecule has 0 aliphatic rings. The van der Waals surface area contributed by atoms with Gasteiger partial charge >= 0.3 is 29.5 Å². The minimum Gasteiger partial charge on any atom is -0.454 e. The second kappa shape index (κ2) is 8.36. The zero-order chi connectivity index (χ0) is 23.0. The lowest BCUT2D eigenvalue weighted by atomic mass is 9.98. The van der Waals surface area contributed by atoms with Gasteiger partial charge in [0, 0.05) is 0 Å². The summed E-state index contributed by atoms with van der Waals surface area (Å²) in [6.07, 6.45) is -14.0. The van der Waals surface area contributed by atoms with Crippen molar-refractivity contribution in [3.05, 3.63) is 0 Å². The monoisotopic (exact) mass is 476 g/mol. The third-order valence-corrected chi connectivity index (χ3v) is 9.73. The van der Waals surface area contributed by atoms with E-state index >= 15 is 0 Å². The third kappa shape index (κ3) is 5.80. The van der Waals surface area contributed by atoms with Crippen LogP contribution in [-0.2, 0) is 4.12 Å². The van der Waals surface area contributed by atoms with Crippen LogP contribution in [0.15, 0.2) is 0 Å². The zero-order valence-electron chi connectivity index (χ0n) is 15.2. The fourth-order valence-electron chi connectivity index (χ4n) is 2.15. The van der Waals surface area contributed by atoms with Gasteiger partial charge in [-0.1, -0.05) is 13.3 Å². The fourth-order valence-corrected chi connectivity index (χ4v) is 8.10. The lowest BCUT2D eigenvalue weighted by Crippen LogP contribution is -2.69. The van der Waals surface area contributed by atoms with Gasteiger partial charge in [0.15, 0.2) is 14.5 Å². The van der Waals surface area contributed by atoms with Crippen LogP contribution in [0.5, 0.6) is 0 Å². The average Bonchev–Trinajstić information content (AvgIpc) is 2.42. The van der Waals surface area contributed by atoms with E-state index in [0.29, 0.717) is 0 Å². The van der Waals surface area contributed by atoms with Crippen molar-refractivity contribution in [2.45, 2.75) is 81.1 Å². The molecule has 0 aromatic heterocycles. The van der Waals surface area contributed by atoms with E-state index in [4.69, 9.17) is 4.12 Å². The molecular formula is C13H20F12OSi2. The largest absolute Gasteiger partial charge is 0.454 e. The summed E-state index contributed by atoms with van der Waals surface area (Å²) in [5, 5.41) is 0. The summed E-state index contributed by atoms with van der Waals surface area (Å²) in [5.41, 5.74) is -5.78. The normalized spacial score (nSPS) is 17.6. The summed E-state index contributed by atoms with van der Waals surface area (Å²) in [5.74, 6) is -20.7. The molecule has 0 N–H and O–H groups in total. The molecule has 2 unspecified atom stereocenters. The predicted octanol–water partition coefficient (Wildman–Crippen LogP) is 6.34. The smallest absolute Gasteiger partial charge is 0.392 e. The minimum atomic E-state index is -7.10. The lowest BCUT2D eigenvalue weighted by molar-refractivity contribution is -0.365. The molecule has 0 aromatic rings. The van der Waals surface area contributed by atoms with Gasteiger partial charge in [0.1, 0.15) is 0 Å². The highest BCUT2D eigenvalue weighted by molar-refractivity contribution is 6.78. The first kappa shape index (κ1) is 27.6. The van der Waals surface area contributed by atoms with Crippen LogP contribution in [0.1, 0.15) is 19.8 Å². The highest BCUT2D eigenvalue weighted by Gasteiger charge is 2.84. The van der Waals surface area contributed by atoms with Gasteiger partial charge < -0.3 is 4.12 Å². The molecule has 28 heavy (non-hydrogen) atoms. The quantitative estimate of drug-likeness (QED) is 0.264. The van der Waals surface area contributed by atoms with E-state index in [-0.39, 0.29) is 6.42 Å². The maximum absolute atomic E-state index is 14.3. The second-order valence-electron chi connectivity index (χ2n) is 7.19. The molecule has 15 heteroatoms. The first-order valence-electron chi connectivity index (χ1n) is 7.94. The van der Waals surface area contributed by atoms with Crippen LogP contribution < -0.4 is 0 Å². The van der Waals surface area contributed by atoms with Crippen molar-refractivity contribution in [3.8, 4) is 0 Å². The van der Waals surface area contributed by atoms with E-state index in [9.17, 15) is 52.7 Å². The van der Waals surface area contributed by atoms with Crippen molar-refractivity contribution in [3.63, 3.8) is 0 Å². The Morgan fingerprint density at radius 3 is 1.57 bits per heavy atom. The number of hydrogen-bond acceptors (Lipinski definition) is 1. The van der Waals surface area contributed by atoms with Crippen LogP contribution >= 0.6 is 0 Å². The van der Waals surface area contributed by atoms with E-state index in [2.05, 4.69) is 0 Å². The van der Waals surface area contributed by atoms with Gasteiger partial charge in [-0.15, -0.1) is 0 Å². The Labute approximate surface area is 156 Å². The Morgan fingerprint density at radius 1 is 0.821 bits per heavy atom. The van der Waals surface area contributed by atoms with E-state index in [1.807, 2.05) is 0 Å². The molecule has 0 bridgehead atoms. The minimum absolute atomic E-state index is 0.227. The van der Waals surface area contributed by atoms with Gasteiger partial charge in [-0.05, 0) is 25.7 Å². The second-order valence-corrected chi connectivity index (χ2v) is 14.6. The van der Waals surface area contributed by atoms with Crippen LogP contribution in [0.3, 0.4) is 0 Å². The van der Waals surface area contributed by atoms with Gasteiger partial charge in [-0.3, -0.25) is 0 Å². The van der Waals surface area contributed by atoms with Crippen molar-refractivity contribution >= 4 is 17.4 Å². The zero-order valence-corrected chi connectivity index (χ0v) is 17.4. The Hall–Kier alpha value is -0.446. The molecule has 0 saturated heterocycles. The molecule has 0 saturated carbocycles. The van der Waals surface area contributed by atoms with E-state index < -0.39 is 65.5 Å². The fraction of sp³-hybridized carbons (Fsp3) is 1.00. The van der Waals surface area contributed by atoms with Gasteiger partial charge in [0.2, 0.25) is 0 Å². The van der Waals surface area contributed by atoms with E-state index in [0.717, 1.165) is 0 Å². The molecule has 2 atom stereocenters. The SMILES string of the molecule is CCC[SiH](O[Si](C)(C)C)C(F)(F)C(F)(F)C(F)(F)C(F)(F)C(F)CC(F)(F)F.